The lowest BCUT2D eigenvalue weighted by Crippen LogP contribution is -2.50. The van der Waals surface area contributed by atoms with E-state index in [9.17, 15) is 5.11 Å². The number of aliphatic hydroxyl groups is 1. The predicted octanol–water partition coefficient (Wildman–Crippen LogP) is 7.08. The van der Waals surface area contributed by atoms with Crippen molar-refractivity contribution in [3.05, 3.63) is 0 Å². The van der Waals surface area contributed by atoms with Crippen LogP contribution in [0.2, 0.25) is 0 Å². The summed E-state index contributed by atoms with van der Waals surface area (Å²) in [7, 11) is 0. The van der Waals surface area contributed by atoms with Crippen molar-refractivity contribution in [2.75, 3.05) is 0 Å². The topological polar surface area (TPSA) is 20.2 Å². The van der Waals surface area contributed by atoms with Crippen molar-refractivity contribution in [2.45, 2.75) is 111 Å². The fourth-order valence-corrected chi connectivity index (χ4v) is 9.18. The number of hydrogen-bond acceptors (Lipinski definition) is 1. The Labute approximate surface area is 169 Å². The standard InChI is InChI=1S/C26H46O/c1-17(2)7-6-8-18(3)22-11-12-23-21-10-9-19-15-20(27)16-26(19,5)24(21)13-14-25(22,23)4/h17-24,27H,6-16H2,1-5H3/t18?,19-,20?,21?,22?,23?,24?,25?,26?/m0/s1. The van der Waals surface area contributed by atoms with Gasteiger partial charge in [-0.2, -0.15) is 0 Å². The molecule has 8 unspecified atom stereocenters. The summed E-state index contributed by atoms with van der Waals surface area (Å²) in [5.41, 5.74) is 1.06. The Hall–Kier alpha value is -0.0400. The van der Waals surface area contributed by atoms with Crippen LogP contribution in [0.25, 0.3) is 0 Å². The second-order valence-corrected chi connectivity index (χ2v) is 12.3. The number of hydrogen-bond donors (Lipinski definition) is 1. The van der Waals surface area contributed by atoms with Crippen LogP contribution in [0, 0.1) is 52.3 Å². The zero-order valence-electron chi connectivity index (χ0n) is 18.8. The van der Waals surface area contributed by atoms with Gasteiger partial charge in [0.05, 0.1) is 6.10 Å². The van der Waals surface area contributed by atoms with Crippen LogP contribution < -0.4 is 0 Å². The summed E-state index contributed by atoms with van der Waals surface area (Å²) in [6.07, 6.45) is 15.2. The van der Waals surface area contributed by atoms with E-state index in [0.29, 0.717) is 10.8 Å². The molecule has 156 valence electrons. The van der Waals surface area contributed by atoms with Gasteiger partial charge in [-0.1, -0.05) is 53.9 Å². The zero-order valence-corrected chi connectivity index (χ0v) is 18.8. The van der Waals surface area contributed by atoms with Crippen LogP contribution in [0.15, 0.2) is 0 Å². The highest BCUT2D eigenvalue weighted by atomic mass is 16.3. The monoisotopic (exact) mass is 374 g/mol. The van der Waals surface area contributed by atoms with E-state index in [0.717, 1.165) is 54.3 Å². The molecule has 27 heavy (non-hydrogen) atoms. The van der Waals surface area contributed by atoms with Crippen molar-refractivity contribution < 1.29 is 5.11 Å². The van der Waals surface area contributed by atoms with Crippen molar-refractivity contribution in [2.24, 2.45) is 52.3 Å². The SMILES string of the molecule is CC(C)CCCC(C)C1CCC2C3CC[C@H]4CC(O)CC4(C)C3CCC12C. The molecule has 0 heterocycles. The number of aliphatic hydroxyl groups excluding tert-OH is 1. The summed E-state index contributed by atoms with van der Waals surface area (Å²) < 4.78 is 0. The molecule has 0 saturated heterocycles. The van der Waals surface area contributed by atoms with Crippen LogP contribution in [0.5, 0.6) is 0 Å². The highest BCUT2D eigenvalue weighted by Crippen LogP contribution is 2.68. The van der Waals surface area contributed by atoms with Gasteiger partial charge in [0.1, 0.15) is 0 Å². The fraction of sp³-hybridized carbons (Fsp3) is 1.00. The third kappa shape index (κ3) is 3.32. The molecular weight excluding hydrogens is 328 g/mol. The molecule has 0 aromatic rings. The Morgan fingerprint density at radius 1 is 0.889 bits per heavy atom. The Bertz CT molecular complexity index is 526. The molecular formula is C26H46O. The van der Waals surface area contributed by atoms with E-state index in [-0.39, 0.29) is 6.10 Å². The minimum Gasteiger partial charge on any atom is -0.393 e. The molecule has 1 N–H and O–H groups in total. The van der Waals surface area contributed by atoms with E-state index in [1.165, 1.54) is 57.8 Å². The quantitative estimate of drug-likeness (QED) is 0.545. The molecule has 0 aromatic heterocycles. The molecule has 1 heteroatoms. The minimum absolute atomic E-state index is 0.00985. The maximum atomic E-state index is 10.4. The fourth-order valence-electron chi connectivity index (χ4n) is 9.18. The lowest BCUT2D eigenvalue weighted by atomic mass is 9.47. The molecule has 4 fully saturated rings. The van der Waals surface area contributed by atoms with E-state index in [1.807, 2.05) is 0 Å². The molecule has 9 atom stereocenters. The van der Waals surface area contributed by atoms with Crippen LogP contribution in [-0.2, 0) is 0 Å². The van der Waals surface area contributed by atoms with Crippen molar-refractivity contribution in [1.29, 1.82) is 0 Å². The Kier molecular flexibility index (Phi) is 5.50. The third-order valence-corrected chi connectivity index (χ3v) is 10.5. The summed E-state index contributed by atoms with van der Waals surface area (Å²) in [5.74, 6) is 6.39. The average molecular weight is 375 g/mol. The molecule has 0 bridgehead atoms. The Balaban J connectivity index is 1.47. The summed E-state index contributed by atoms with van der Waals surface area (Å²) >= 11 is 0. The first-order valence-corrected chi connectivity index (χ1v) is 12.4. The van der Waals surface area contributed by atoms with Crippen LogP contribution in [0.4, 0.5) is 0 Å². The highest BCUT2D eigenvalue weighted by molar-refractivity contribution is 5.10. The van der Waals surface area contributed by atoms with E-state index in [1.54, 1.807) is 0 Å². The van der Waals surface area contributed by atoms with Crippen molar-refractivity contribution in [1.82, 2.24) is 0 Å². The summed E-state index contributed by atoms with van der Waals surface area (Å²) in [4.78, 5) is 0. The molecule has 0 spiro atoms. The van der Waals surface area contributed by atoms with Gasteiger partial charge in [0.2, 0.25) is 0 Å². The van der Waals surface area contributed by atoms with Crippen molar-refractivity contribution in [3.8, 4) is 0 Å². The molecule has 0 amide bonds. The van der Waals surface area contributed by atoms with E-state index in [2.05, 4.69) is 34.6 Å². The van der Waals surface area contributed by atoms with Gasteiger partial charge in [0.25, 0.3) is 0 Å². The van der Waals surface area contributed by atoms with Gasteiger partial charge >= 0.3 is 0 Å². The second-order valence-electron chi connectivity index (χ2n) is 12.3. The van der Waals surface area contributed by atoms with E-state index >= 15 is 0 Å². The van der Waals surface area contributed by atoms with Gasteiger partial charge in [0, 0.05) is 0 Å². The van der Waals surface area contributed by atoms with Gasteiger partial charge in [0.15, 0.2) is 0 Å². The first kappa shape index (κ1) is 20.2. The molecule has 4 saturated carbocycles. The van der Waals surface area contributed by atoms with E-state index in [4.69, 9.17) is 0 Å². The average Bonchev–Trinajstić information content (AvgIpc) is 3.09. The summed E-state index contributed by atoms with van der Waals surface area (Å²) in [6.45, 7) is 12.6. The molecule has 4 aliphatic rings. The largest absolute Gasteiger partial charge is 0.393 e. The van der Waals surface area contributed by atoms with Gasteiger partial charge in [-0.05, 0) is 104 Å². The van der Waals surface area contributed by atoms with Gasteiger partial charge in [-0.3, -0.25) is 0 Å². The summed E-state index contributed by atoms with van der Waals surface area (Å²) in [6, 6.07) is 0. The lowest BCUT2D eigenvalue weighted by molar-refractivity contribution is -0.0911. The second kappa shape index (κ2) is 7.33. The van der Waals surface area contributed by atoms with Crippen LogP contribution >= 0.6 is 0 Å². The van der Waals surface area contributed by atoms with Crippen LogP contribution in [0.1, 0.15) is 105 Å². The molecule has 0 radical (unpaired) electrons. The van der Waals surface area contributed by atoms with Gasteiger partial charge in [-0.15, -0.1) is 0 Å². The molecule has 0 aliphatic heterocycles. The normalized spacial score (nSPS) is 50.3. The number of rotatable bonds is 5. The van der Waals surface area contributed by atoms with Crippen LogP contribution in [-0.4, -0.2) is 11.2 Å². The van der Waals surface area contributed by atoms with E-state index < -0.39 is 0 Å². The van der Waals surface area contributed by atoms with Crippen molar-refractivity contribution in [3.63, 3.8) is 0 Å². The summed E-state index contributed by atoms with van der Waals surface area (Å²) in [5, 5.41) is 10.4. The maximum absolute atomic E-state index is 10.4. The number of fused-ring (bicyclic) bond motifs is 5. The smallest absolute Gasteiger partial charge is 0.0548 e. The minimum atomic E-state index is -0.00985. The molecule has 0 aromatic carbocycles. The molecule has 4 rings (SSSR count). The zero-order chi connectivity index (χ0) is 19.4. The predicted molar refractivity (Wildman–Crippen MR) is 114 cm³/mol. The first-order chi connectivity index (χ1) is 12.8. The Morgan fingerprint density at radius 3 is 2.37 bits per heavy atom. The lowest BCUT2D eigenvalue weighted by Gasteiger charge is -2.58. The first-order valence-electron chi connectivity index (χ1n) is 12.4. The van der Waals surface area contributed by atoms with Crippen LogP contribution in [0.3, 0.4) is 0 Å². The third-order valence-electron chi connectivity index (χ3n) is 10.5. The maximum Gasteiger partial charge on any atom is 0.0548 e. The van der Waals surface area contributed by atoms with Crippen molar-refractivity contribution >= 4 is 0 Å². The molecule has 4 aliphatic carbocycles. The highest BCUT2D eigenvalue weighted by Gasteiger charge is 2.61. The van der Waals surface area contributed by atoms with Gasteiger partial charge < -0.3 is 5.11 Å². The van der Waals surface area contributed by atoms with Gasteiger partial charge in [-0.25, -0.2) is 0 Å². The Morgan fingerprint density at radius 2 is 1.63 bits per heavy atom. The molecule has 1 nitrogen and oxygen atoms in total.